The lowest BCUT2D eigenvalue weighted by Gasteiger charge is -2.35. The second-order valence-corrected chi connectivity index (χ2v) is 8.03. The van der Waals surface area contributed by atoms with Gasteiger partial charge in [0.1, 0.15) is 6.54 Å². The summed E-state index contributed by atoms with van der Waals surface area (Å²) >= 11 is 0. The van der Waals surface area contributed by atoms with Crippen LogP contribution in [0.1, 0.15) is 104 Å². The number of unbranched alkanes of at least 4 members (excludes halogenated alkanes) is 12. The number of amidine groups is 1. The van der Waals surface area contributed by atoms with Gasteiger partial charge >= 0.3 is 0 Å². The molecule has 152 valence electrons. The molecular weight excluding hydrogens is 320 g/mol. The number of hydrogen-bond donors (Lipinski definition) is 1. The summed E-state index contributed by atoms with van der Waals surface area (Å²) in [7, 11) is 0. The summed E-state index contributed by atoms with van der Waals surface area (Å²) in [6.45, 7) is 9.02. The van der Waals surface area contributed by atoms with Crippen molar-refractivity contribution >= 4 is 5.84 Å². The Morgan fingerprint density at radius 1 is 0.923 bits per heavy atom. The Hall–Kier alpha value is -0.670. The first-order valence-corrected chi connectivity index (χ1v) is 11.4. The van der Waals surface area contributed by atoms with E-state index in [-0.39, 0.29) is 6.23 Å². The van der Waals surface area contributed by atoms with Crippen LogP contribution in [0.5, 0.6) is 0 Å². The van der Waals surface area contributed by atoms with E-state index in [4.69, 9.17) is 0 Å². The van der Waals surface area contributed by atoms with Crippen LogP contribution in [0.15, 0.2) is 17.1 Å². The van der Waals surface area contributed by atoms with Gasteiger partial charge in [-0.3, -0.25) is 0 Å². The van der Waals surface area contributed by atoms with Gasteiger partial charge in [0.25, 0.3) is 0 Å². The second kappa shape index (κ2) is 14.4. The monoisotopic (exact) mass is 365 g/mol. The van der Waals surface area contributed by atoms with E-state index in [0.717, 1.165) is 31.9 Å². The van der Waals surface area contributed by atoms with Crippen molar-refractivity contribution in [1.29, 1.82) is 0 Å². The van der Waals surface area contributed by atoms with Crippen molar-refractivity contribution in [1.82, 2.24) is 0 Å². The third-order valence-electron chi connectivity index (χ3n) is 6.00. The first kappa shape index (κ1) is 23.4. The van der Waals surface area contributed by atoms with Crippen LogP contribution in [0.3, 0.4) is 0 Å². The van der Waals surface area contributed by atoms with Crippen molar-refractivity contribution < 1.29 is 9.59 Å². The fraction of sp³-hybridized carbons (Fsp3) is 0.870. The summed E-state index contributed by atoms with van der Waals surface area (Å²) in [4.78, 5) is 4.62. The van der Waals surface area contributed by atoms with Crippen LogP contribution in [-0.2, 0) is 0 Å². The Labute approximate surface area is 163 Å². The van der Waals surface area contributed by atoms with Gasteiger partial charge in [-0.2, -0.15) is 0 Å². The second-order valence-electron chi connectivity index (χ2n) is 8.03. The molecule has 3 nitrogen and oxygen atoms in total. The van der Waals surface area contributed by atoms with Gasteiger partial charge in [-0.1, -0.05) is 83.6 Å². The van der Waals surface area contributed by atoms with Crippen molar-refractivity contribution in [3.8, 4) is 0 Å². The molecule has 1 aliphatic heterocycles. The van der Waals surface area contributed by atoms with Gasteiger partial charge in [0.15, 0.2) is 6.23 Å². The first-order valence-electron chi connectivity index (χ1n) is 11.4. The number of allylic oxidation sites excluding steroid dienone is 1. The number of quaternary nitrogens is 1. The predicted octanol–water partition coefficient (Wildman–Crippen LogP) is 6.22. The quantitative estimate of drug-likeness (QED) is 0.255. The van der Waals surface area contributed by atoms with E-state index in [1.165, 1.54) is 77.0 Å². The number of aliphatic hydroxyl groups is 1. The average molecular weight is 366 g/mol. The maximum atomic E-state index is 10.1. The van der Waals surface area contributed by atoms with Crippen molar-refractivity contribution in [3.05, 3.63) is 12.2 Å². The van der Waals surface area contributed by atoms with Crippen LogP contribution in [0, 0.1) is 0 Å². The zero-order valence-electron chi connectivity index (χ0n) is 17.9. The molecule has 1 aliphatic rings. The Kier molecular flexibility index (Phi) is 12.9. The van der Waals surface area contributed by atoms with Gasteiger partial charge in [-0.15, -0.1) is 0 Å². The number of hydrogen-bond acceptors (Lipinski definition) is 2. The topological polar surface area (TPSA) is 32.6 Å². The van der Waals surface area contributed by atoms with Crippen LogP contribution in [0.4, 0.5) is 0 Å². The van der Waals surface area contributed by atoms with Crippen LogP contribution in [0.2, 0.25) is 0 Å². The lowest BCUT2D eigenvalue weighted by Crippen LogP contribution is -2.56. The highest BCUT2D eigenvalue weighted by atomic mass is 16.3. The Bertz CT molecular complexity index is 403. The van der Waals surface area contributed by atoms with Crippen molar-refractivity contribution in [2.45, 2.75) is 110 Å². The zero-order valence-corrected chi connectivity index (χ0v) is 17.9. The number of rotatable bonds is 16. The van der Waals surface area contributed by atoms with Gasteiger partial charge in [-0.25, -0.2) is 9.48 Å². The zero-order chi connectivity index (χ0) is 19.1. The lowest BCUT2D eigenvalue weighted by molar-refractivity contribution is -0.880. The minimum Gasteiger partial charge on any atom is -0.345 e. The molecule has 0 aliphatic carbocycles. The van der Waals surface area contributed by atoms with Gasteiger partial charge < -0.3 is 5.11 Å². The molecule has 2 atom stereocenters. The molecule has 0 aromatic rings. The molecule has 0 saturated heterocycles. The SMILES string of the molecule is CCCCCCCCCCCCCC/C=C/C1=NCC[N+]1(CC)C(C)O. The number of aliphatic imine (C=N–C) groups is 1. The molecule has 0 saturated carbocycles. The van der Waals surface area contributed by atoms with Crippen LogP contribution >= 0.6 is 0 Å². The van der Waals surface area contributed by atoms with E-state index in [0.29, 0.717) is 4.48 Å². The standard InChI is InChI=1S/C23H45N2O/c1-4-6-7-8-9-10-11-12-13-14-15-16-17-18-19-23-24-20-21-25(23,5-2)22(3)26/h18-19,22,26H,4-17,20-21H2,1-3H3/q+1/b19-18+. The van der Waals surface area contributed by atoms with E-state index < -0.39 is 0 Å². The van der Waals surface area contributed by atoms with Crippen molar-refractivity contribution in [3.63, 3.8) is 0 Å². The fourth-order valence-electron chi connectivity index (χ4n) is 4.05. The van der Waals surface area contributed by atoms with Gasteiger partial charge in [-0.05, 0) is 19.8 Å². The molecule has 2 unspecified atom stereocenters. The van der Waals surface area contributed by atoms with E-state index >= 15 is 0 Å². The van der Waals surface area contributed by atoms with Crippen LogP contribution in [-0.4, -0.2) is 41.3 Å². The molecule has 3 heteroatoms. The molecule has 0 radical (unpaired) electrons. The van der Waals surface area contributed by atoms with Crippen molar-refractivity contribution in [2.75, 3.05) is 19.6 Å². The highest BCUT2D eigenvalue weighted by molar-refractivity contribution is 5.88. The molecule has 1 rings (SSSR count). The van der Waals surface area contributed by atoms with E-state index in [9.17, 15) is 5.11 Å². The smallest absolute Gasteiger partial charge is 0.224 e. The molecule has 0 fully saturated rings. The Morgan fingerprint density at radius 2 is 1.46 bits per heavy atom. The molecule has 1 heterocycles. The molecular formula is C23H45N2O+. The lowest BCUT2D eigenvalue weighted by atomic mass is 10.0. The van der Waals surface area contributed by atoms with Gasteiger partial charge in [0.2, 0.25) is 5.84 Å². The summed E-state index contributed by atoms with van der Waals surface area (Å²) in [6.07, 6.45) is 22.0. The normalized spacial score (nSPS) is 21.5. The fourth-order valence-corrected chi connectivity index (χ4v) is 4.05. The van der Waals surface area contributed by atoms with Crippen LogP contribution < -0.4 is 0 Å². The predicted molar refractivity (Wildman–Crippen MR) is 114 cm³/mol. The molecule has 0 amide bonds. The van der Waals surface area contributed by atoms with Crippen molar-refractivity contribution in [2.24, 2.45) is 4.99 Å². The number of likely N-dealkylation sites (N-methyl/N-ethyl adjacent to an activating group) is 1. The summed E-state index contributed by atoms with van der Waals surface area (Å²) < 4.78 is 0.634. The summed E-state index contributed by atoms with van der Waals surface area (Å²) in [5.41, 5.74) is 0. The maximum absolute atomic E-state index is 10.1. The highest BCUT2D eigenvalue weighted by Crippen LogP contribution is 2.20. The Morgan fingerprint density at radius 3 is 1.96 bits per heavy atom. The molecule has 1 N–H and O–H groups in total. The number of aliphatic hydroxyl groups excluding tert-OH is 1. The summed E-state index contributed by atoms with van der Waals surface area (Å²) in [5.74, 6) is 1.07. The number of nitrogens with zero attached hydrogens (tertiary/aromatic N) is 2. The minimum atomic E-state index is -0.363. The largest absolute Gasteiger partial charge is 0.345 e. The third-order valence-corrected chi connectivity index (χ3v) is 6.00. The molecule has 0 aromatic heterocycles. The van der Waals surface area contributed by atoms with E-state index in [1.807, 2.05) is 6.92 Å². The Balaban J connectivity index is 2.00. The third kappa shape index (κ3) is 8.35. The van der Waals surface area contributed by atoms with Gasteiger partial charge in [0.05, 0.1) is 13.1 Å². The van der Waals surface area contributed by atoms with Crippen LogP contribution in [0.25, 0.3) is 0 Å². The molecule has 0 bridgehead atoms. The van der Waals surface area contributed by atoms with E-state index in [2.05, 4.69) is 31.0 Å². The minimum absolute atomic E-state index is 0.363. The summed E-state index contributed by atoms with van der Waals surface area (Å²) in [5, 5.41) is 10.1. The average Bonchev–Trinajstić information content (AvgIpc) is 3.06. The molecule has 26 heavy (non-hydrogen) atoms. The molecule has 0 spiro atoms. The van der Waals surface area contributed by atoms with E-state index in [1.54, 1.807) is 0 Å². The molecule has 0 aromatic carbocycles. The maximum Gasteiger partial charge on any atom is 0.224 e. The summed E-state index contributed by atoms with van der Waals surface area (Å²) in [6, 6.07) is 0. The first-order chi connectivity index (χ1) is 12.7. The van der Waals surface area contributed by atoms with Gasteiger partial charge in [0, 0.05) is 13.0 Å². The highest BCUT2D eigenvalue weighted by Gasteiger charge is 2.39.